The Kier molecular flexibility index (Phi) is 3.78. The van der Waals surface area contributed by atoms with Crippen molar-refractivity contribution in [2.45, 2.75) is 47.0 Å². The maximum absolute atomic E-state index is 2.63. The molecule has 1 saturated heterocycles. The molecule has 0 bridgehead atoms. The van der Waals surface area contributed by atoms with Gasteiger partial charge in [-0.25, -0.2) is 0 Å². The smallest absolute Gasteiger partial charge is 0.00136 e. The lowest BCUT2D eigenvalue weighted by Crippen LogP contribution is -2.38. The lowest BCUT2D eigenvalue weighted by Gasteiger charge is -2.37. The van der Waals surface area contributed by atoms with Gasteiger partial charge in [0.25, 0.3) is 0 Å². The first-order chi connectivity index (χ1) is 5.99. The van der Waals surface area contributed by atoms with E-state index in [4.69, 9.17) is 0 Å². The molecule has 0 aromatic rings. The molecule has 0 aromatic heterocycles. The summed E-state index contributed by atoms with van der Waals surface area (Å²) in [6, 6.07) is 0. The number of nitrogens with zero attached hydrogens (tertiary/aromatic N) is 1. The van der Waals surface area contributed by atoms with Crippen molar-refractivity contribution in [1.82, 2.24) is 4.90 Å². The lowest BCUT2D eigenvalue weighted by atomic mass is 9.82. The first-order valence-electron chi connectivity index (χ1n) is 5.72. The molecule has 0 unspecified atom stereocenters. The van der Waals surface area contributed by atoms with Gasteiger partial charge < -0.3 is 4.90 Å². The molecule has 0 aliphatic carbocycles. The summed E-state index contributed by atoms with van der Waals surface area (Å²) in [6.45, 7) is 13.4. The summed E-state index contributed by atoms with van der Waals surface area (Å²) >= 11 is 0. The van der Waals surface area contributed by atoms with Gasteiger partial charge in [0, 0.05) is 0 Å². The third-order valence-corrected chi connectivity index (χ3v) is 3.23. The minimum absolute atomic E-state index is 0.605. The topological polar surface area (TPSA) is 3.24 Å². The van der Waals surface area contributed by atoms with E-state index >= 15 is 0 Å². The van der Waals surface area contributed by atoms with Crippen LogP contribution in [0.1, 0.15) is 47.0 Å². The van der Waals surface area contributed by atoms with Crippen molar-refractivity contribution in [1.29, 1.82) is 0 Å². The van der Waals surface area contributed by atoms with Crippen LogP contribution in [0, 0.1) is 11.3 Å². The number of rotatable bonds is 3. The van der Waals surface area contributed by atoms with Crippen LogP contribution < -0.4 is 0 Å². The summed E-state index contributed by atoms with van der Waals surface area (Å²) in [6.07, 6.45) is 4.12. The number of hydrogen-bond acceptors (Lipinski definition) is 1. The largest absolute Gasteiger partial charge is 0.303 e. The average Bonchev–Trinajstić information content (AvgIpc) is 2.02. The second-order valence-corrected chi connectivity index (χ2v) is 5.69. The zero-order chi connectivity index (χ0) is 9.90. The lowest BCUT2D eigenvalue weighted by molar-refractivity contribution is 0.128. The standard InChI is InChI=1S/C12H25N/c1-11(2)5-8-13-9-6-12(3,4)7-10-13/h11H,5-10H2,1-4H3. The first kappa shape index (κ1) is 11.0. The van der Waals surface area contributed by atoms with Gasteiger partial charge in [-0.3, -0.25) is 0 Å². The Morgan fingerprint density at radius 2 is 1.69 bits per heavy atom. The van der Waals surface area contributed by atoms with Crippen LogP contribution in [0.5, 0.6) is 0 Å². The minimum Gasteiger partial charge on any atom is -0.303 e. The summed E-state index contributed by atoms with van der Waals surface area (Å²) in [7, 11) is 0. The molecule has 1 aliphatic heterocycles. The van der Waals surface area contributed by atoms with Gasteiger partial charge in [-0.2, -0.15) is 0 Å². The molecule has 1 rings (SSSR count). The summed E-state index contributed by atoms with van der Waals surface area (Å²) in [4.78, 5) is 2.63. The SMILES string of the molecule is CC(C)CCN1CCC(C)(C)CC1. The third-order valence-electron chi connectivity index (χ3n) is 3.23. The van der Waals surface area contributed by atoms with Crippen LogP contribution in [0.4, 0.5) is 0 Å². The summed E-state index contributed by atoms with van der Waals surface area (Å²) < 4.78 is 0. The highest BCUT2D eigenvalue weighted by Gasteiger charge is 2.24. The quantitative estimate of drug-likeness (QED) is 0.649. The first-order valence-corrected chi connectivity index (χ1v) is 5.72. The zero-order valence-electron chi connectivity index (χ0n) is 9.77. The Bertz CT molecular complexity index is 136. The molecule has 0 aromatic carbocycles. The molecule has 13 heavy (non-hydrogen) atoms. The maximum Gasteiger partial charge on any atom is -0.00136 e. The third kappa shape index (κ3) is 4.12. The van der Waals surface area contributed by atoms with Crippen molar-refractivity contribution in [2.75, 3.05) is 19.6 Å². The maximum atomic E-state index is 2.63. The highest BCUT2D eigenvalue weighted by Crippen LogP contribution is 2.29. The van der Waals surface area contributed by atoms with Crippen molar-refractivity contribution in [2.24, 2.45) is 11.3 Å². The van der Waals surface area contributed by atoms with Crippen LogP contribution in [-0.4, -0.2) is 24.5 Å². The van der Waals surface area contributed by atoms with Gasteiger partial charge in [0.2, 0.25) is 0 Å². The molecule has 0 radical (unpaired) electrons. The van der Waals surface area contributed by atoms with E-state index in [-0.39, 0.29) is 0 Å². The predicted molar refractivity (Wildman–Crippen MR) is 58.9 cm³/mol. The molecule has 0 saturated carbocycles. The van der Waals surface area contributed by atoms with Crippen LogP contribution in [-0.2, 0) is 0 Å². The molecule has 1 heteroatoms. The predicted octanol–water partition coefficient (Wildman–Crippen LogP) is 3.15. The van der Waals surface area contributed by atoms with Crippen LogP contribution >= 0.6 is 0 Å². The Labute approximate surface area is 83.5 Å². The number of piperidine rings is 1. The Morgan fingerprint density at radius 1 is 1.15 bits per heavy atom. The number of hydrogen-bond donors (Lipinski definition) is 0. The van der Waals surface area contributed by atoms with Gasteiger partial charge >= 0.3 is 0 Å². The fourth-order valence-corrected chi connectivity index (χ4v) is 1.82. The van der Waals surface area contributed by atoms with Gasteiger partial charge in [0.05, 0.1) is 0 Å². The molecular weight excluding hydrogens is 158 g/mol. The molecule has 0 amide bonds. The molecule has 1 fully saturated rings. The molecule has 1 heterocycles. The molecule has 0 N–H and O–H groups in total. The van der Waals surface area contributed by atoms with Crippen LogP contribution in [0.2, 0.25) is 0 Å². The van der Waals surface area contributed by atoms with Crippen molar-refractivity contribution < 1.29 is 0 Å². The Balaban J connectivity index is 2.18. The number of likely N-dealkylation sites (tertiary alicyclic amines) is 1. The fraction of sp³-hybridized carbons (Fsp3) is 1.00. The Morgan fingerprint density at radius 3 is 2.15 bits per heavy atom. The van der Waals surface area contributed by atoms with E-state index in [9.17, 15) is 0 Å². The van der Waals surface area contributed by atoms with Crippen molar-refractivity contribution in [3.05, 3.63) is 0 Å². The van der Waals surface area contributed by atoms with Crippen molar-refractivity contribution in [3.63, 3.8) is 0 Å². The molecule has 1 aliphatic rings. The van der Waals surface area contributed by atoms with Gasteiger partial charge in [0.15, 0.2) is 0 Å². The highest BCUT2D eigenvalue weighted by molar-refractivity contribution is 4.78. The van der Waals surface area contributed by atoms with Crippen LogP contribution in [0.25, 0.3) is 0 Å². The van der Waals surface area contributed by atoms with Gasteiger partial charge in [-0.05, 0) is 50.2 Å². The summed E-state index contributed by atoms with van der Waals surface area (Å²) in [5, 5.41) is 0. The average molecular weight is 183 g/mol. The second-order valence-electron chi connectivity index (χ2n) is 5.69. The van der Waals surface area contributed by atoms with E-state index in [0.29, 0.717) is 5.41 Å². The van der Waals surface area contributed by atoms with Gasteiger partial charge in [-0.15, -0.1) is 0 Å². The second kappa shape index (κ2) is 4.45. The van der Waals surface area contributed by atoms with Crippen LogP contribution in [0.3, 0.4) is 0 Å². The molecular formula is C12H25N. The normalized spacial score (nSPS) is 23.8. The van der Waals surface area contributed by atoms with E-state index in [0.717, 1.165) is 5.92 Å². The summed E-state index contributed by atoms with van der Waals surface area (Å²) in [5.41, 5.74) is 0.605. The molecule has 78 valence electrons. The fourth-order valence-electron chi connectivity index (χ4n) is 1.82. The molecule has 0 spiro atoms. The zero-order valence-corrected chi connectivity index (χ0v) is 9.77. The van der Waals surface area contributed by atoms with E-state index in [1.807, 2.05) is 0 Å². The van der Waals surface area contributed by atoms with Crippen LogP contribution in [0.15, 0.2) is 0 Å². The van der Waals surface area contributed by atoms with E-state index in [1.165, 1.54) is 38.9 Å². The van der Waals surface area contributed by atoms with Gasteiger partial charge in [-0.1, -0.05) is 27.7 Å². The monoisotopic (exact) mass is 183 g/mol. The van der Waals surface area contributed by atoms with Crippen molar-refractivity contribution in [3.8, 4) is 0 Å². The highest BCUT2D eigenvalue weighted by atomic mass is 15.1. The Hall–Kier alpha value is -0.0400. The molecule has 0 atom stereocenters. The minimum atomic E-state index is 0.605. The molecule has 1 nitrogen and oxygen atoms in total. The van der Waals surface area contributed by atoms with E-state index in [2.05, 4.69) is 32.6 Å². The summed E-state index contributed by atoms with van der Waals surface area (Å²) in [5.74, 6) is 0.856. The van der Waals surface area contributed by atoms with Gasteiger partial charge in [0.1, 0.15) is 0 Å². The van der Waals surface area contributed by atoms with Crippen molar-refractivity contribution >= 4 is 0 Å². The van der Waals surface area contributed by atoms with E-state index < -0.39 is 0 Å². The van der Waals surface area contributed by atoms with E-state index in [1.54, 1.807) is 0 Å².